The summed E-state index contributed by atoms with van der Waals surface area (Å²) < 4.78 is 0. The number of carbonyl (C=O) groups excluding carboxylic acids is 1. The van der Waals surface area contributed by atoms with Crippen molar-refractivity contribution in [3.8, 4) is 0 Å². The summed E-state index contributed by atoms with van der Waals surface area (Å²) in [6, 6.07) is 15.9. The number of amides is 1. The summed E-state index contributed by atoms with van der Waals surface area (Å²) in [5, 5.41) is 3.54. The highest BCUT2D eigenvalue weighted by Gasteiger charge is 2.23. The monoisotopic (exact) mass is 392 g/mol. The highest BCUT2D eigenvalue weighted by atomic mass is 35.5. The summed E-state index contributed by atoms with van der Waals surface area (Å²) in [5.41, 5.74) is 2.25. The van der Waals surface area contributed by atoms with Crippen LogP contribution < -0.4 is 10.2 Å². The highest BCUT2D eigenvalue weighted by molar-refractivity contribution is 6.31. The maximum Gasteiger partial charge on any atom is 0.277 e. The summed E-state index contributed by atoms with van der Waals surface area (Å²) in [7, 11) is 0. The number of halogens is 2. The van der Waals surface area contributed by atoms with Gasteiger partial charge in [0, 0.05) is 47.5 Å². The molecule has 1 aliphatic rings. The number of nitrogens with zero attached hydrogens (tertiary/aromatic N) is 2. The molecule has 0 bridgehead atoms. The van der Waals surface area contributed by atoms with Gasteiger partial charge in [0.1, 0.15) is 6.04 Å². The van der Waals surface area contributed by atoms with Gasteiger partial charge in [-0.15, -0.1) is 0 Å². The summed E-state index contributed by atoms with van der Waals surface area (Å²) in [4.78, 5) is 16.7. The average molecular weight is 393 g/mol. The minimum absolute atomic E-state index is 0.185. The molecule has 1 atom stereocenters. The molecule has 6 heteroatoms. The van der Waals surface area contributed by atoms with Crippen molar-refractivity contribution < 1.29 is 10.1 Å². The van der Waals surface area contributed by atoms with Gasteiger partial charge in [0.25, 0.3) is 5.91 Å². The van der Waals surface area contributed by atoms with Gasteiger partial charge < -0.3 is 15.1 Å². The van der Waals surface area contributed by atoms with Crippen molar-refractivity contribution in [1.29, 1.82) is 0 Å². The summed E-state index contributed by atoms with van der Waals surface area (Å²) >= 11 is 12.1. The van der Waals surface area contributed by atoms with Crippen LogP contribution in [0.5, 0.6) is 0 Å². The van der Waals surface area contributed by atoms with Crippen LogP contribution in [-0.2, 0) is 4.79 Å². The molecule has 4 nitrogen and oxygen atoms in total. The van der Waals surface area contributed by atoms with E-state index in [4.69, 9.17) is 23.2 Å². The fraction of sp³-hybridized carbons (Fsp3) is 0.350. The van der Waals surface area contributed by atoms with Gasteiger partial charge in [-0.2, -0.15) is 0 Å². The Balaban J connectivity index is 1.48. The lowest BCUT2D eigenvalue weighted by molar-refractivity contribution is -0.683. The second-order valence-corrected chi connectivity index (χ2v) is 7.50. The Bertz CT molecular complexity index is 760. The summed E-state index contributed by atoms with van der Waals surface area (Å²) in [6.07, 6.45) is 0. The van der Waals surface area contributed by atoms with Crippen molar-refractivity contribution in [3.63, 3.8) is 0 Å². The second-order valence-electron chi connectivity index (χ2n) is 6.63. The first-order chi connectivity index (χ1) is 12.5. The molecule has 1 saturated heterocycles. The normalized spacial score (nSPS) is 15.8. The van der Waals surface area contributed by atoms with Crippen LogP contribution in [0.1, 0.15) is 18.5 Å². The number of hydrogen-bond donors (Lipinski definition) is 1. The van der Waals surface area contributed by atoms with Crippen molar-refractivity contribution in [1.82, 2.24) is 4.90 Å². The van der Waals surface area contributed by atoms with Crippen molar-refractivity contribution in [2.75, 3.05) is 37.6 Å². The fourth-order valence-electron chi connectivity index (χ4n) is 3.22. The molecule has 0 radical (unpaired) electrons. The predicted octanol–water partition coefficient (Wildman–Crippen LogP) is 2.97. The Morgan fingerprint density at radius 2 is 1.69 bits per heavy atom. The number of benzene rings is 2. The first kappa shape index (κ1) is 19.0. The Kier molecular flexibility index (Phi) is 6.41. The first-order valence-electron chi connectivity index (χ1n) is 8.90. The molecule has 3 rings (SSSR count). The third-order valence-electron chi connectivity index (χ3n) is 4.83. The van der Waals surface area contributed by atoms with Gasteiger partial charge >= 0.3 is 0 Å². The Hall–Kier alpha value is -1.75. The van der Waals surface area contributed by atoms with E-state index < -0.39 is 0 Å². The molecule has 0 saturated carbocycles. The number of anilines is 1. The molecule has 2 N–H and O–H groups in total. The van der Waals surface area contributed by atoms with Crippen LogP contribution in [0.2, 0.25) is 10.0 Å². The van der Waals surface area contributed by atoms with Crippen LogP contribution in [0.15, 0.2) is 48.5 Å². The molecule has 0 aromatic heterocycles. The van der Waals surface area contributed by atoms with Crippen LogP contribution >= 0.6 is 23.2 Å². The lowest BCUT2D eigenvalue weighted by atomic mass is 10.1. The topological polar surface area (TPSA) is 40.2 Å². The van der Waals surface area contributed by atoms with E-state index in [1.54, 1.807) is 0 Å². The lowest BCUT2D eigenvalue weighted by Gasteiger charge is -2.36. The molecule has 2 aromatic rings. The first-order valence-corrected chi connectivity index (χ1v) is 9.65. The SMILES string of the molecule is C[C@@H]([NH2+]CC(=O)N1CCN(c2cccc(Cl)c2)CC1)c1cccc(Cl)c1. The summed E-state index contributed by atoms with van der Waals surface area (Å²) in [5.74, 6) is 0.185. The standard InChI is InChI=1S/C20H23Cl2N3O/c1-15(16-4-2-5-17(21)12-16)23-14-20(26)25-10-8-24(9-11-25)19-7-3-6-18(22)13-19/h2-7,12-13,15,23H,8-11,14H2,1H3/p+1/t15-/m1/s1. The van der Waals surface area contributed by atoms with E-state index in [2.05, 4.69) is 23.2 Å². The van der Waals surface area contributed by atoms with Crippen molar-refractivity contribution >= 4 is 34.8 Å². The van der Waals surface area contributed by atoms with Crippen LogP contribution in [0.3, 0.4) is 0 Å². The second kappa shape index (κ2) is 8.76. The summed E-state index contributed by atoms with van der Waals surface area (Å²) in [6.45, 7) is 5.68. The van der Waals surface area contributed by atoms with Gasteiger partial charge in [0.2, 0.25) is 0 Å². The van der Waals surface area contributed by atoms with E-state index >= 15 is 0 Å². The van der Waals surface area contributed by atoms with Crippen LogP contribution in [0, 0.1) is 0 Å². The number of piperazine rings is 1. The van der Waals surface area contributed by atoms with Crippen molar-refractivity contribution in [3.05, 3.63) is 64.1 Å². The number of carbonyl (C=O) groups is 1. The molecule has 1 amide bonds. The molecular weight excluding hydrogens is 369 g/mol. The number of quaternary nitrogens is 1. The van der Waals surface area contributed by atoms with Gasteiger partial charge in [-0.05, 0) is 37.3 Å². The zero-order valence-electron chi connectivity index (χ0n) is 14.9. The molecular formula is C20H24Cl2N3O+. The zero-order chi connectivity index (χ0) is 18.5. The third kappa shape index (κ3) is 4.91. The molecule has 0 aliphatic carbocycles. The van der Waals surface area contributed by atoms with Crippen LogP contribution in [0.4, 0.5) is 5.69 Å². The van der Waals surface area contributed by atoms with E-state index in [-0.39, 0.29) is 11.9 Å². The van der Waals surface area contributed by atoms with Gasteiger partial charge in [-0.3, -0.25) is 4.79 Å². The Morgan fingerprint density at radius 1 is 1.04 bits per heavy atom. The molecule has 138 valence electrons. The van der Waals surface area contributed by atoms with Gasteiger partial charge in [-0.1, -0.05) is 41.4 Å². The van der Waals surface area contributed by atoms with E-state index in [1.165, 1.54) is 0 Å². The Morgan fingerprint density at radius 3 is 2.35 bits per heavy atom. The highest BCUT2D eigenvalue weighted by Crippen LogP contribution is 2.20. The Labute approximate surface area is 164 Å². The number of nitrogens with two attached hydrogens (primary N) is 1. The molecule has 0 spiro atoms. The van der Waals surface area contributed by atoms with Crippen LogP contribution in [0.25, 0.3) is 0 Å². The quantitative estimate of drug-likeness (QED) is 0.849. The average Bonchev–Trinajstić information content (AvgIpc) is 2.66. The molecule has 1 fully saturated rings. The fourth-order valence-corrected chi connectivity index (χ4v) is 3.60. The largest absolute Gasteiger partial charge is 0.368 e. The number of rotatable bonds is 5. The van der Waals surface area contributed by atoms with Crippen molar-refractivity contribution in [2.24, 2.45) is 0 Å². The molecule has 26 heavy (non-hydrogen) atoms. The molecule has 0 unspecified atom stereocenters. The number of hydrogen-bond acceptors (Lipinski definition) is 2. The van der Waals surface area contributed by atoms with E-state index in [1.807, 2.05) is 47.4 Å². The maximum atomic E-state index is 12.5. The van der Waals surface area contributed by atoms with E-state index in [0.29, 0.717) is 6.54 Å². The smallest absolute Gasteiger partial charge is 0.277 e. The van der Waals surface area contributed by atoms with E-state index in [9.17, 15) is 4.79 Å². The van der Waals surface area contributed by atoms with Gasteiger partial charge in [0.15, 0.2) is 6.54 Å². The molecule has 1 aliphatic heterocycles. The zero-order valence-corrected chi connectivity index (χ0v) is 16.4. The van der Waals surface area contributed by atoms with Crippen molar-refractivity contribution in [2.45, 2.75) is 13.0 Å². The predicted molar refractivity (Wildman–Crippen MR) is 107 cm³/mol. The lowest BCUT2D eigenvalue weighted by Crippen LogP contribution is -2.87. The van der Waals surface area contributed by atoms with Crippen LogP contribution in [-0.4, -0.2) is 43.5 Å². The third-order valence-corrected chi connectivity index (χ3v) is 5.30. The minimum Gasteiger partial charge on any atom is -0.368 e. The minimum atomic E-state index is 0.185. The molecule has 1 heterocycles. The van der Waals surface area contributed by atoms with Gasteiger partial charge in [-0.25, -0.2) is 0 Å². The maximum absolute atomic E-state index is 12.5. The van der Waals surface area contributed by atoms with E-state index in [0.717, 1.165) is 47.5 Å². The molecule has 2 aromatic carbocycles. The van der Waals surface area contributed by atoms with Gasteiger partial charge in [0.05, 0.1) is 0 Å².